The summed E-state index contributed by atoms with van der Waals surface area (Å²) in [5.41, 5.74) is 0.668. The van der Waals surface area contributed by atoms with E-state index in [2.05, 4.69) is 25.3 Å². The van der Waals surface area contributed by atoms with Crippen LogP contribution in [0.3, 0.4) is 0 Å². The molecule has 3 fully saturated rings. The summed E-state index contributed by atoms with van der Waals surface area (Å²) in [6, 6.07) is 0. The number of anilines is 1. The topological polar surface area (TPSA) is 93.4 Å². The van der Waals surface area contributed by atoms with Crippen LogP contribution in [0.4, 0.5) is 5.95 Å². The number of ether oxygens (including phenoxy) is 1. The average Bonchev–Trinajstić information content (AvgIpc) is 3.39. The second kappa shape index (κ2) is 6.00. The zero-order chi connectivity index (χ0) is 18.8. The van der Waals surface area contributed by atoms with Crippen LogP contribution in [0.15, 0.2) is 4.52 Å². The third-order valence-electron chi connectivity index (χ3n) is 6.19. The summed E-state index contributed by atoms with van der Waals surface area (Å²) in [6.45, 7) is 7.88. The first-order valence-corrected chi connectivity index (χ1v) is 10.2. The third kappa shape index (κ3) is 2.67. The van der Waals surface area contributed by atoms with Gasteiger partial charge in [-0.15, -0.1) is 11.3 Å². The Labute approximate surface area is 161 Å². The molecule has 4 atom stereocenters. The fourth-order valence-corrected chi connectivity index (χ4v) is 5.90. The molecule has 5 rings (SSSR count). The number of aryl methyl sites for hydroxylation is 3. The lowest BCUT2D eigenvalue weighted by atomic mass is 9.73. The Kier molecular flexibility index (Phi) is 3.80. The molecule has 3 aliphatic rings. The number of carbonyl (C=O) groups excluding carboxylic acids is 1. The molecular formula is C18H23N5O3S. The van der Waals surface area contributed by atoms with Crippen LogP contribution in [0.2, 0.25) is 0 Å². The van der Waals surface area contributed by atoms with Crippen molar-refractivity contribution in [2.24, 2.45) is 11.8 Å². The van der Waals surface area contributed by atoms with E-state index in [1.54, 1.807) is 6.92 Å². The van der Waals surface area contributed by atoms with Gasteiger partial charge in [0.05, 0.1) is 29.0 Å². The standard InChI is InChI=1S/C18H23N5O3S/c1-9-15(27-11(3)20-9)16(24)19-6-12-13-7-23(17-21-10(2)26-22-17)8-18(13)5-4-14(12)25-18/h12-14H,4-8H2,1-3H3,(H,19,24)/t12-,13+,14+,18+/m0/s1. The number of carbonyl (C=O) groups is 1. The van der Waals surface area contributed by atoms with Crippen molar-refractivity contribution in [1.29, 1.82) is 0 Å². The molecule has 0 radical (unpaired) electrons. The van der Waals surface area contributed by atoms with Crippen LogP contribution in [0.5, 0.6) is 0 Å². The lowest BCUT2D eigenvalue weighted by Crippen LogP contribution is -2.41. The summed E-state index contributed by atoms with van der Waals surface area (Å²) in [6.07, 6.45) is 2.34. The van der Waals surface area contributed by atoms with Crippen molar-refractivity contribution >= 4 is 23.2 Å². The summed E-state index contributed by atoms with van der Waals surface area (Å²) in [4.78, 5) is 24.2. The number of hydrogen-bond donors (Lipinski definition) is 1. The first kappa shape index (κ1) is 17.1. The molecule has 9 heteroatoms. The van der Waals surface area contributed by atoms with Gasteiger partial charge >= 0.3 is 0 Å². The van der Waals surface area contributed by atoms with Gasteiger partial charge in [0.15, 0.2) is 0 Å². The van der Waals surface area contributed by atoms with E-state index in [-0.39, 0.29) is 17.6 Å². The minimum absolute atomic E-state index is 0.0291. The van der Waals surface area contributed by atoms with Gasteiger partial charge in [0.1, 0.15) is 4.88 Å². The minimum atomic E-state index is -0.133. The summed E-state index contributed by atoms with van der Waals surface area (Å²) < 4.78 is 11.6. The Morgan fingerprint density at radius 1 is 1.37 bits per heavy atom. The van der Waals surface area contributed by atoms with E-state index in [1.165, 1.54) is 11.3 Å². The maximum absolute atomic E-state index is 12.6. The predicted octanol–water partition coefficient (Wildman–Crippen LogP) is 1.87. The summed E-state index contributed by atoms with van der Waals surface area (Å²) in [5, 5.41) is 8.11. The lowest BCUT2D eigenvalue weighted by Gasteiger charge is -2.29. The summed E-state index contributed by atoms with van der Waals surface area (Å²) in [7, 11) is 0. The highest BCUT2D eigenvalue weighted by Crippen LogP contribution is 2.55. The van der Waals surface area contributed by atoms with Crippen molar-refractivity contribution in [2.75, 3.05) is 24.5 Å². The number of rotatable bonds is 4. The molecular weight excluding hydrogens is 366 g/mol. The van der Waals surface area contributed by atoms with Crippen LogP contribution in [-0.2, 0) is 4.74 Å². The second-order valence-electron chi connectivity index (χ2n) is 7.88. The number of thiazole rings is 1. The third-order valence-corrected chi connectivity index (χ3v) is 7.26. The van der Waals surface area contributed by atoms with Gasteiger partial charge < -0.3 is 19.5 Å². The number of nitrogens with one attached hydrogen (secondary N) is 1. The smallest absolute Gasteiger partial charge is 0.266 e. The number of amides is 1. The SMILES string of the molecule is Cc1nc(N2C[C@@H]3[C@H](CNC(=O)c4sc(C)nc4C)[C@H]4CC[C@]3(C2)O4)no1. The molecule has 1 spiro atoms. The molecule has 144 valence electrons. The second-order valence-corrected chi connectivity index (χ2v) is 9.08. The molecule has 2 aromatic heterocycles. The molecule has 3 saturated heterocycles. The molecule has 0 aliphatic carbocycles. The van der Waals surface area contributed by atoms with E-state index in [1.807, 2.05) is 13.8 Å². The van der Waals surface area contributed by atoms with Crippen molar-refractivity contribution in [3.05, 3.63) is 21.5 Å². The van der Waals surface area contributed by atoms with Crippen molar-refractivity contribution < 1.29 is 14.1 Å². The molecule has 3 aliphatic heterocycles. The van der Waals surface area contributed by atoms with Crippen molar-refractivity contribution in [1.82, 2.24) is 20.4 Å². The normalized spacial score (nSPS) is 31.5. The van der Waals surface area contributed by atoms with Crippen molar-refractivity contribution in [3.8, 4) is 0 Å². The Morgan fingerprint density at radius 2 is 2.22 bits per heavy atom. The van der Waals surface area contributed by atoms with Gasteiger partial charge in [-0.3, -0.25) is 4.79 Å². The summed E-state index contributed by atoms with van der Waals surface area (Å²) >= 11 is 1.45. The molecule has 8 nitrogen and oxygen atoms in total. The molecule has 1 amide bonds. The van der Waals surface area contributed by atoms with Gasteiger partial charge in [-0.25, -0.2) is 4.98 Å². The Balaban J connectivity index is 1.30. The van der Waals surface area contributed by atoms with Crippen LogP contribution < -0.4 is 10.2 Å². The van der Waals surface area contributed by atoms with E-state index >= 15 is 0 Å². The van der Waals surface area contributed by atoms with Gasteiger partial charge in [-0.2, -0.15) is 4.98 Å². The number of nitrogens with zero attached hydrogens (tertiary/aromatic N) is 4. The van der Waals surface area contributed by atoms with E-state index in [9.17, 15) is 4.79 Å². The zero-order valence-electron chi connectivity index (χ0n) is 15.7. The minimum Gasteiger partial charge on any atom is -0.369 e. The van der Waals surface area contributed by atoms with Crippen molar-refractivity contribution in [3.63, 3.8) is 0 Å². The highest BCUT2D eigenvalue weighted by atomic mass is 32.1. The Morgan fingerprint density at radius 3 is 2.93 bits per heavy atom. The molecule has 27 heavy (non-hydrogen) atoms. The molecule has 0 saturated carbocycles. The van der Waals surface area contributed by atoms with E-state index < -0.39 is 0 Å². The number of fused-ring (bicyclic) bond motifs is 1. The van der Waals surface area contributed by atoms with Gasteiger partial charge in [0, 0.05) is 31.8 Å². The molecule has 5 heterocycles. The molecule has 1 N–H and O–H groups in total. The number of aromatic nitrogens is 3. The van der Waals surface area contributed by atoms with Crippen LogP contribution in [-0.4, -0.2) is 52.4 Å². The first-order valence-electron chi connectivity index (χ1n) is 9.40. The van der Waals surface area contributed by atoms with Gasteiger partial charge in [0.2, 0.25) is 5.89 Å². The fourth-order valence-electron chi connectivity index (χ4n) is 5.07. The average molecular weight is 389 g/mol. The quantitative estimate of drug-likeness (QED) is 0.853. The van der Waals surface area contributed by atoms with Crippen LogP contribution in [0.25, 0.3) is 0 Å². The first-order chi connectivity index (χ1) is 12.9. The maximum Gasteiger partial charge on any atom is 0.266 e. The van der Waals surface area contributed by atoms with Gasteiger partial charge in [-0.1, -0.05) is 0 Å². The van der Waals surface area contributed by atoms with Crippen LogP contribution in [0, 0.1) is 32.6 Å². The lowest BCUT2D eigenvalue weighted by molar-refractivity contribution is 0.0141. The van der Waals surface area contributed by atoms with E-state index in [4.69, 9.17) is 9.26 Å². The zero-order valence-corrected chi connectivity index (χ0v) is 16.5. The highest BCUT2D eigenvalue weighted by molar-refractivity contribution is 7.13. The molecule has 2 aromatic rings. The van der Waals surface area contributed by atoms with E-state index in [0.29, 0.717) is 35.1 Å². The Hall–Kier alpha value is -2.00. The number of hydrogen-bond acceptors (Lipinski definition) is 8. The van der Waals surface area contributed by atoms with E-state index in [0.717, 1.165) is 36.6 Å². The predicted molar refractivity (Wildman–Crippen MR) is 99.0 cm³/mol. The maximum atomic E-state index is 12.6. The molecule has 0 aromatic carbocycles. The fraction of sp³-hybridized carbons (Fsp3) is 0.667. The highest BCUT2D eigenvalue weighted by Gasteiger charge is 2.63. The van der Waals surface area contributed by atoms with Gasteiger partial charge in [-0.05, 0) is 31.8 Å². The largest absolute Gasteiger partial charge is 0.369 e. The molecule has 0 unspecified atom stereocenters. The monoisotopic (exact) mass is 389 g/mol. The molecule has 2 bridgehead atoms. The summed E-state index contributed by atoms with van der Waals surface area (Å²) in [5.74, 6) is 1.87. The van der Waals surface area contributed by atoms with Crippen molar-refractivity contribution in [2.45, 2.75) is 45.3 Å². The Bertz CT molecular complexity index is 895. The van der Waals surface area contributed by atoms with Gasteiger partial charge in [0.25, 0.3) is 11.9 Å². The van der Waals surface area contributed by atoms with Crippen LogP contribution >= 0.6 is 11.3 Å². The van der Waals surface area contributed by atoms with Crippen LogP contribution in [0.1, 0.15) is 39.1 Å².